The number of aliphatic hydroxyl groups excluding tert-OH is 1. The van der Waals surface area contributed by atoms with Crippen LogP contribution in [0.3, 0.4) is 0 Å². The molecule has 1 fully saturated rings. The van der Waals surface area contributed by atoms with Crippen LogP contribution in [0, 0.1) is 0 Å². The molecule has 2 rings (SSSR count). The Morgan fingerprint density at radius 2 is 2.19 bits per heavy atom. The minimum atomic E-state index is -0.252. The summed E-state index contributed by atoms with van der Waals surface area (Å²) in [4.78, 5) is 4.23. The van der Waals surface area contributed by atoms with Crippen molar-refractivity contribution in [2.24, 2.45) is 0 Å². The predicted molar refractivity (Wildman–Crippen MR) is 62.7 cm³/mol. The second-order valence-electron chi connectivity index (χ2n) is 4.19. The van der Waals surface area contributed by atoms with E-state index in [1.165, 1.54) is 6.42 Å². The van der Waals surface area contributed by atoms with Gasteiger partial charge in [0.25, 0.3) is 0 Å². The molecule has 1 aromatic rings. The summed E-state index contributed by atoms with van der Waals surface area (Å²) in [6.45, 7) is 0. The van der Waals surface area contributed by atoms with Gasteiger partial charge in [-0.15, -0.1) is 0 Å². The Labute approximate surface area is 95.7 Å². The van der Waals surface area contributed by atoms with Crippen LogP contribution < -0.4 is 10.1 Å². The number of nitrogens with zero attached hydrogens (tertiary/aromatic N) is 1. The quantitative estimate of drug-likeness (QED) is 0.819. The smallest absolute Gasteiger partial charge is 0.137 e. The Morgan fingerprint density at radius 3 is 2.81 bits per heavy atom. The number of aromatic nitrogens is 1. The van der Waals surface area contributed by atoms with Crippen LogP contribution in [0.1, 0.15) is 25.7 Å². The molecule has 4 nitrogen and oxygen atoms in total. The second kappa shape index (κ2) is 5.16. The zero-order valence-electron chi connectivity index (χ0n) is 9.52. The molecule has 1 aliphatic rings. The van der Waals surface area contributed by atoms with Gasteiger partial charge in [0.15, 0.2) is 0 Å². The highest BCUT2D eigenvalue weighted by Crippen LogP contribution is 2.22. The Bertz CT molecular complexity index is 326. The van der Waals surface area contributed by atoms with Gasteiger partial charge in [-0.05, 0) is 25.0 Å². The fraction of sp³-hybridized carbons (Fsp3) is 0.583. The molecule has 1 aromatic heterocycles. The number of nitrogens with one attached hydrogen (secondary N) is 1. The van der Waals surface area contributed by atoms with E-state index in [1.54, 1.807) is 13.3 Å². The van der Waals surface area contributed by atoms with E-state index in [2.05, 4.69) is 10.3 Å². The molecule has 1 saturated carbocycles. The molecular formula is C12H18N2O2. The highest BCUT2D eigenvalue weighted by molar-refractivity contribution is 5.38. The Morgan fingerprint density at radius 1 is 1.38 bits per heavy atom. The van der Waals surface area contributed by atoms with Crippen LogP contribution in [0.2, 0.25) is 0 Å². The first-order valence-corrected chi connectivity index (χ1v) is 5.74. The van der Waals surface area contributed by atoms with Gasteiger partial charge in [-0.2, -0.15) is 0 Å². The molecule has 2 N–H and O–H groups in total. The molecular weight excluding hydrogens is 204 g/mol. The van der Waals surface area contributed by atoms with Gasteiger partial charge in [-0.1, -0.05) is 12.8 Å². The zero-order valence-corrected chi connectivity index (χ0v) is 9.52. The van der Waals surface area contributed by atoms with Crippen molar-refractivity contribution in [3.05, 3.63) is 18.3 Å². The molecule has 1 heterocycles. The number of hydrogen-bond acceptors (Lipinski definition) is 4. The molecule has 2 unspecified atom stereocenters. The average molecular weight is 222 g/mol. The number of anilines is 1. The van der Waals surface area contributed by atoms with Gasteiger partial charge in [-0.3, -0.25) is 0 Å². The summed E-state index contributed by atoms with van der Waals surface area (Å²) in [6, 6.07) is 3.87. The summed E-state index contributed by atoms with van der Waals surface area (Å²) < 4.78 is 5.04. The molecule has 0 bridgehead atoms. The number of methoxy groups -OCH3 is 1. The van der Waals surface area contributed by atoms with Gasteiger partial charge in [0.1, 0.15) is 11.6 Å². The Balaban J connectivity index is 1.96. The highest BCUT2D eigenvalue weighted by Gasteiger charge is 2.22. The molecule has 2 atom stereocenters. The number of pyridine rings is 1. The van der Waals surface area contributed by atoms with Gasteiger partial charge >= 0.3 is 0 Å². The van der Waals surface area contributed by atoms with E-state index >= 15 is 0 Å². The first kappa shape index (κ1) is 11.2. The molecule has 0 spiro atoms. The van der Waals surface area contributed by atoms with Crippen molar-refractivity contribution in [2.45, 2.75) is 37.8 Å². The van der Waals surface area contributed by atoms with E-state index in [1.807, 2.05) is 12.1 Å². The number of rotatable bonds is 3. The average Bonchev–Trinajstić information content (AvgIpc) is 2.33. The van der Waals surface area contributed by atoms with Crippen molar-refractivity contribution in [1.29, 1.82) is 0 Å². The third-order valence-corrected chi connectivity index (χ3v) is 3.03. The lowest BCUT2D eigenvalue weighted by Crippen LogP contribution is -2.36. The molecule has 16 heavy (non-hydrogen) atoms. The standard InChI is InChI=1S/C12H18N2O2/c1-16-9-6-7-12(13-8-9)14-10-4-2-3-5-11(10)15/h6-8,10-11,15H,2-5H2,1H3,(H,13,14). The largest absolute Gasteiger partial charge is 0.495 e. The minimum absolute atomic E-state index is 0.134. The molecule has 4 heteroatoms. The third kappa shape index (κ3) is 2.64. The lowest BCUT2D eigenvalue weighted by molar-refractivity contribution is 0.116. The van der Waals surface area contributed by atoms with Gasteiger partial charge < -0.3 is 15.2 Å². The van der Waals surface area contributed by atoms with E-state index < -0.39 is 0 Å². The summed E-state index contributed by atoms with van der Waals surface area (Å²) >= 11 is 0. The lowest BCUT2D eigenvalue weighted by Gasteiger charge is -2.28. The van der Waals surface area contributed by atoms with Crippen molar-refractivity contribution < 1.29 is 9.84 Å². The third-order valence-electron chi connectivity index (χ3n) is 3.03. The minimum Gasteiger partial charge on any atom is -0.495 e. The summed E-state index contributed by atoms with van der Waals surface area (Å²) in [5.74, 6) is 1.54. The number of aliphatic hydroxyl groups is 1. The molecule has 0 radical (unpaired) electrons. The molecule has 0 amide bonds. The molecule has 0 aromatic carbocycles. The van der Waals surface area contributed by atoms with Crippen LogP contribution >= 0.6 is 0 Å². The maximum Gasteiger partial charge on any atom is 0.137 e. The van der Waals surface area contributed by atoms with Crippen molar-refractivity contribution in [3.8, 4) is 5.75 Å². The summed E-state index contributed by atoms with van der Waals surface area (Å²) in [5, 5.41) is 13.1. The van der Waals surface area contributed by atoms with E-state index in [4.69, 9.17) is 4.74 Å². The van der Waals surface area contributed by atoms with Crippen LogP contribution in [0.15, 0.2) is 18.3 Å². The molecule has 88 valence electrons. The van der Waals surface area contributed by atoms with Crippen LogP contribution in [-0.4, -0.2) is 29.3 Å². The van der Waals surface area contributed by atoms with Crippen molar-refractivity contribution in [2.75, 3.05) is 12.4 Å². The summed E-state index contributed by atoms with van der Waals surface area (Å²) in [7, 11) is 1.62. The highest BCUT2D eigenvalue weighted by atomic mass is 16.5. The van der Waals surface area contributed by atoms with Crippen molar-refractivity contribution >= 4 is 5.82 Å². The van der Waals surface area contributed by atoms with Gasteiger partial charge in [0.05, 0.1) is 25.5 Å². The lowest BCUT2D eigenvalue weighted by atomic mass is 9.92. The fourth-order valence-corrected chi connectivity index (χ4v) is 2.06. The van der Waals surface area contributed by atoms with E-state index in [-0.39, 0.29) is 12.1 Å². The normalized spacial score (nSPS) is 25.1. The molecule has 0 saturated heterocycles. The predicted octanol–water partition coefficient (Wildman–Crippen LogP) is 1.81. The van der Waals surface area contributed by atoms with E-state index in [0.29, 0.717) is 0 Å². The van der Waals surface area contributed by atoms with E-state index in [9.17, 15) is 5.11 Å². The number of ether oxygens (including phenoxy) is 1. The summed E-state index contributed by atoms with van der Waals surface area (Å²) in [6.07, 6.45) is 5.61. The molecule has 0 aliphatic heterocycles. The summed E-state index contributed by atoms with van der Waals surface area (Å²) in [5.41, 5.74) is 0. The Kier molecular flexibility index (Phi) is 3.62. The SMILES string of the molecule is COc1ccc(NC2CCCCC2O)nc1. The van der Waals surface area contributed by atoms with Crippen LogP contribution in [0.5, 0.6) is 5.75 Å². The van der Waals surface area contributed by atoms with Crippen molar-refractivity contribution in [1.82, 2.24) is 4.98 Å². The zero-order chi connectivity index (χ0) is 11.4. The van der Waals surface area contributed by atoms with Crippen LogP contribution in [-0.2, 0) is 0 Å². The van der Waals surface area contributed by atoms with E-state index in [0.717, 1.165) is 30.8 Å². The maximum absolute atomic E-state index is 9.82. The van der Waals surface area contributed by atoms with Crippen LogP contribution in [0.25, 0.3) is 0 Å². The van der Waals surface area contributed by atoms with Crippen LogP contribution in [0.4, 0.5) is 5.82 Å². The van der Waals surface area contributed by atoms with Crippen molar-refractivity contribution in [3.63, 3.8) is 0 Å². The Hall–Kier alpha value is -1.29. The monoisotopic (exact) mass is 222 g/mol. The maximum atomic E-state index is 9.82. The topological polar surface area (TPSA) is 54.4 Å². The first-order valence-electron chi connectivity index (χ1n) is 5.74. The van der Waals surface area contributed by atoms with Gasteiger partial charge in [0, 0.05) is 0 Å². The fourth-order valence-electron chi connectivity index (χ4n) is 2.06. The molecule has 1 aliphatic carbocycles. The first-order chi connectivity index (χ1) is 7.79. The van der Waals surface area contributed by atoms with Gasteiger partial charge in [0.2, 0.25) is 0 Å². The van der Waals surface area contributed by atoms with Gasteiger partial charge in [-0.25, -0.2) is 4.98 Å². The second-order valence-corrected chi connectivity index (χ2v) is 4.19. The number of hydrogen-bond donors (Lipinski definition) is 2.